The average molecular weight is 261 g/mol. The molecule has 1 heterocycles. The predicted octanol–water partition coefficient (Wildman–Crippen LogP) is -1.37. The van der Waals surface area contributed by atoms with Gasteiger partial charge >= 0.3 is 0 Å². The van der Waals surface area contributed by atoms with Crippen LogP contribution < -0.4 is 16.0 Å². The van der Waals surface area contributed by atoms with Gasteiger partial charge in [-0.05, 0) is 0 Å². The molecule has 0 radical (unpaired) electrons. The number of nitrogens with zero attached hydrogens (tertiary/aromatic N) is 2. The number of hydrogen-bond acceptors (Lipinski definition) is 6. The molecule has 0 aliphatic heterocycles. The average Bonchev–Trinajstić information content (AvgIpc) is 2.23. The van der Waals surface area contributed by atoms with Crippen molar-refractivity contribution in [2.24, 2.45) is 5.73 Å². The lowest BCUT2D eigenvalue weighted by atomic mass is 10.5. The number of sulfone groups is 1. The Morgan fingerprint density at radius 3 is 2.76 bits per heavy atom. The van der Waals surface area contributed by atoms with E-state index in [1.54, 1.807) is 0 Å². The molecule has 1 rings (SSSR count). The summed E-state index contributed by atoms with van der Waals surface area (Å²) in [7, 11) is -3.11. The van der Waals surface area contributed by atoms with E-state index in [4.69, 9.17) is 10.5 Å². The fourth-order valence-corrected chi connectivity index (χ4v) is 1.60. The molecule has 0 spiro atoms. The molecule has 0 unspecified atom stereocenters. The van der Waals surface area contributed by atoms with Crippen LogP contribution in [-0.4, -0.2) is 43.4 Å². The summed E-state index contributed by atoms with van der Waals surface area (Å²) in [5, 5.41) is 3.81. The van der Waals surface area contributed by atoms with E-state index in [1.165, 1.54) is 12.3 Å². The minimum atomic E-state index is -3.11. The first kappa shape index (κ1) is 13.7. The summed E-state index contributed by atoms with van der Waals surface area (Å²) in [6.07, 6.45) is 2.47. The topological polar surface area (TPSA) is 104 Å². The molecule has 8 heteroatoms. The first-order valence-corrected chi connectivity index (χ1v) is 7.06. The zero-order chi connectivity index (χ0) is 12.9. The zero-order valence-electron chi connectivity index (χ0n) is 9.50. The number of aromatic nitrogens is 2. The Hall–Kier alpha value is -1.41. The van der Waals surface area contributed by atoms with Crippen molar-refractivity contribution < 1.29 is 13.2 Å². The van der Waals surface area contributed by atoms with E-state index >= 15 is 0 Å². The number of aryl methyl sites for hydroxylation is 1. The lowest BCUT2D eigenvalue weighted by Gasteiger charge is -2.06. The van der Waals surface area contributed by atoms with Crippen molar-refractivity contribution in [2.45, 2.75) is 6.54 Å². The van der Waals surface area contributed by atoms with Crippen LogP contribution in [0.15, 0.2) is 17.1 Å². The lowest BCUT2D eigenvalue weighted by Crippen LogP contribution is -2.25. The van der Waals surface area contributed by atoms with E-state index in [9.17, 15) is 13.2 Å². The third-order valence-corrected chi connectivity index (χ3v) is 2.83. The molecule has 1 aromatic heterocycles. The molecule has 96 valence electrons. The largest absolute Gasteiger partial charge is 0.490 e. The Morgan fingerprint density at radius 2 is 2.24 bits per heavy atom. The van der Waals surface area contributed by atoms with Crippen LogP contribution in [0.5, 0.6) is 5.75 Å². The molecule has 0 aliphatic carbocycles. The van der Waals surface area contributed by atoms with Crippen molar-refractivity contribution in [3.05, 3.63) is 22.6 Å². The van der Waals surface area contributed by atoms with Crippen LogP contribution >= 0.6 is 0 Å². The van der Waals surface area contributed by atoms with Crippen LogP contribution in [0.3, 0.4) is 0 Å². The summed E-state index contributed by atoms with van der Waals surface area (Å²) in [5.74, 6) is 0.208. The van der Waals surface area contributed by atoms with E-state index in [2.05, 4.69) is 5.10 Å². The lowest BCUT2D eigenvalue weighted by molar-refractivity contribution is 0.324. The molecule has 7 nitrogen and oxygen atoms in total. The van der Waals surface area contributed by atoms with Crippen molar-refractivity contribution >= 4 is 9.84 Å². The Bertz CT molecular complexity index is 523. The van der Waals surface area contributed by atoms with Gasteiger partial charge in [0, 0.05) is 18.9 Å². The highest BCUT2D eigenvalue weighted by atomic mass is 32.2. The fourth-order valence-electron chi connectivity index (χ4n) is 1.09. The second-order valence-electron chi connectivity index (χ2n) is 3.52. The maximum Gasteiger partial charge on any atom is 0.270 e. The molecule has 0 fully saturated rings. The van der Waals surface area contributed by atoms with Crippen molar-refractivity contribution in [1.29, 1.82) is 0 Å². The SMILES string of the molecule is CS(=O)(=O)CCn1ncc(OCCN)cc1=O. The van der Waals surface area contributed by atoms with Gasteiger partial charge in [-0.25, -0.2) is 13.1 Å². The van der Waals surface area contributed by atoms with Gasteiger partial charge in [-0.2, -0.15) is 5.10 Å². The van der Waals surface area contributed by atoms with Gasteiger partial charge in [-0.15, -0.1) is 0 Å². The van der Waals surface area contributed by atoms with Gasteiger partial charge in [0.15, 0.2) is 0 Å². The summed E-state index contributed by atoms with van der Waals surface area (Å²) in [5.41, 5.74) is 4.84. The molecule has 0 saturated heterocycles. The highest BCUT2D eigenvalue weighted by molar-refractivity contribution is 7.90. The van der Waals surface area contributed by atoms with Crippen LogP contribution in [-0.2, 0) is 16.4 Å². The molecule has 17 heavy (non-hydrogen) atoms. The van der Waals surface area contributed by atoms with Gasteiger partial charge in [-0.3, -0.25) is 4.79 Å². The van der Waals surface area contributed by atoms with E-state index in [0.717, 1.165) is 10.9 Å². The summed E-state index contributed by atoms with van der Waals surface area (Å²) in [6.45, 7) is 0.681. The van der Waals surface area contributed by atoms with Crippen molar-refractivity contribution in [3.8, 4) is 5.75 Å². The molecule has 1 aromatic rings. The zero-order valence-corrected chi connectivity index (χ0v) is 10.3. The molecule has 0 atom stereocenters. The molecule has 2 N–H and O–H groups in total. The summed E-state index contributed by atoms with van der Waals surface area (Å²) in [6, 6.07) is 1.25. The van der Waals surface area contributed by atoms with Gasteiger partial charge in [-0.1, -0.05) is 0 Å². The molecule has 0 aromatic carbocycles. The van der Waals surface area contributed by atoms with Crippen molar-refractivity contribution in [1.82, 2.24) is 9.78 Å². The van der Waals surface area contributed by atoms with E-state index in [0.29, 0.717) is 18.9 Å². The smallest absolute Gasteiger partial charge is 0.270 e. The van der Waals surface area contributed by atoms with Gasteiger partial charge < -0.3 is 10.5 Å². The predicted molar refractivity (Wildman–Crippen MR) is 62.8 cm³/mol. The van der Waals surface area contributed by atoms with E-state index in [1.807, 2.05) is 0 Å². The van der Waals surface area contributed by atoms with E-state index < -0.39 is 15.4 Å². The quantitative estimate of drug-likeness (QED) is 0.677. The van der Waals surface area contributed by atoms with Crippen molar-refractivity contribution in [2.75, 3.05) is 25.2 Å². The fraction of sp³-hybridized carbons (Fsp3) is 0.556. The van der Waals surface area contributed by atoms with Gasteiger partial charge in [0.2, 0.25) is 0 Å². The van der Waals surface area contributed by atoms with Crippen molar-refractivity contribution in [3.63, 3.8) is 0 Å². The Labute approximate surface area is 99.1 Å². The monoisotopic (exact) mass is 261 g/mol. The Morgan fingerprint density at radius 1 is 1.53 bits per heavy atom. The maximum atomic E-state index is 11.5. The van der Waals surface area contributed by atoms with E-state index in [-0.39, 0.29) is 12.3 Å². The second kappa shape index (κ2) is 5.78. The first-order chi connectivity index (χ1) is 7.92. The summed E-state index contributed by atoms with van der Waals surface area (Å²) < 4.78 is 28.1. The minimum absolute atomic E-state index is 0.0365. The molecule has 0 bridgehead atoms. The van der Waals surface area contributed by atoms with Crippen LogP contribution in [0.4, 0.5) is 0 Å². The molecule has 0 amide bonds. The highest BCUT2D eigenvalue weighted by Crippen LogP contribution is 2.02. The number of hydrogen-bond donors (Lipinski definition) is 1. The Balaban J connectivity index is 2.73. The molecular weight excluding hydrogens is 246 g/mol. The summed E-state index contributed by atoms with van der Waals surface area (Å²) in [4.78, 5) is 11.5. The number of rotatable bonds is 6. The second-order valence-corrected chi connectivity index (χ2v) is 5.78. The standard InChI is InChI=1S/C9H15N3O4S/c1-17(14,15)5-3-12-9(13)6-8(7-11-12)16-4-2-10/h6-7H,2-5,10H2,1H3. The summed E-state index contributed by atoms with van der Waals surface area (Å²) >= 11 is 0. The third-order valence-electron chi connectivity index (χ3n) is 1.90. The number of ether oxygens (including phenoxy) is 1. The maximum absolute atomic E-state index is 11.5. The highest BCUT2D eigenvalue weighted by Gasteiger charge is 2.05. The van der Waals surface area contributed by atoms with Crippen LogP contribution in [0.2, 0.25) is 0 Å². The van der Waals surface area contributed by atoms with Gasteiger partial charge in [0.1, 0.15) is 22.2 Å². The first-order valence-electron chi connectivity index (χ1n) is 5.00. The van der Waals surface area contributed by atoms with Crippen LogP contribution in [0.1, 0.15) is 0 Å². The van der Waals surface area contributed by atoms with Gasteiger partial charge in [0.25, 0.3) is 5.56 Å². The minimum Gasteiger partial charge on any atom is -0.490 e. The normalized spacial score (nSPS) is 11.4. The third kappa shape index (κ3) is 4.96. The van der Waals surface area contributed by atoms with Crippen LogP contribution in [0, 0.1) is 0 Å². The molecule has 0 saturated carbocycles. The van der Waals surface area contributed by atoms with Gasteiger partial charge in [0.05, 0.1) is 18.5 Å². The van der Waals surface area contributed by atoms with Crippen LogP contribution in [0.25, 0.3) is 0 Å². The Kier molecular flexibility index (Phi) is 4.64. The molecule has 0 aliphatic rings. The molecular formula is C9H15N3O4S. The number of nitrogens with two attached hydrogens (primary N) is 1.